The molecule has 23 heavy (non-hydrogen) atoms. The van der Waals surface area contributed by atoms with Crippen LogP contribution in [0.2, 0.25) is 10.0 Å². The molecule has 2 rings (SSSR count). The number of rotatable bonds is 4. The minimum Gasteiger partial charge on any atom is -0.350 e. The number of nitrogens with one attached hydrogen (secondary N) is 1. The van der Waals surface area contributed by atoms with Crippen LogP contribution in [0.5, 0.6) is 0 Å². The number of aryl methyl sites for hydroxylation is 1. The fourth-order valence-electron chi connectivity index (χ4n) is 2.03. The third-order valence-corrected chi connectivity index (χ3v) is 5.17. The molecule has 0 radical (unpaired) electrons. The maximum absolute atomic E-state index is 12.3. The Labute approximate surface area is 144 Å². The Hall–Kier alpha value is -1.54. The van der Waals surface area contributed by atoms with Crippen molar-refractivity contribution in [3.05, 3.63) is 51.3 Å². The van der Waals surface area contributed by atoms with Crippen LogP contribution in [0.3, 0.4) is 0 Å². The molecule has 3 N–H and O–H groups in total. The highest BCUT2D eigenvalue weighted by Gasteiger charge is 2.20. The molecule has 1 aromatic carbocycles. The Morgan fingerprint density at radius 2 is 1.91 bits per heavy atom. The molecular formula is C14H15Cl2N3O3S. The molecule has 0 spiro atoms. The van der Waals surface area contributed by atoms with E-state index in [1.807, 2.05) is 30.7 Å². The lowest BCUT2D eigenvalue weighted by atomic mass is 10.2. The van der Waals surface area contributed by atoms with E-state index in [1.165, 1.54) is 6.07 Å². The quantitative estimate of drug-likeness (QED) is 0.857. The number of carbonyl (C=O) groups is 1. The normalized spacial score (nSPS) is 11.5. The fourth-order valence-corrected chi connectivity index (χ4v) is 3.44. The maximum Gasteiger partial charge on any atom is 0.253 e. The molecule has 0 atom stereocenters. The Morgan fingerprint density at radius 3 is 2.43 bits per heavy atom. The average Bonchev–Trinajstić information content (AvgIpc) is 2.75. The van der Waals surface area contributed by atoms with Gasteiger partial charge in [-0.3, -0.25) is 4.79 Å². The minimum atomic E-state index is -4.05. The first-order valence-electron chi connectivity index (χ1n) is 6.52. The third kappa shape index (κ3) is 3.87. The Balaban J connectivity index is 2.27. The highest BCUT2D eigenvalue weighted by atomic mass is 35.5. The molecule has 0 saturated heterocycles. The largest absolute Gasteiger partial charge is 0.350 e. The summed E-state index contributed by atoms with van der Waals surface area (Å²) in [6.45, 7) is 2.21. The molecule has 0 saturated carbocycles. The van der Waals surface area contributed by atoms with Crippen LogP contribution in [0.15, 0.2) is 29.2 Å². The molecule has 0 bridgehead atoms. The summed E-state index contributed by atoms with van der Waals surface area (Å²) in [6.07, 6.45) is 0. The smallest absolute Gasteiger partial charge is 0.253 e. The van der Waals surface area contributed by atoms with Gasteiger partial charge in [0.1, 0.15) is 4.90 Å². The first kappa shape index (κ1) is 17.8. The maximum atomic E-state index is 12.3. The van der Waals surface area contributed by atoms with E-state index in [9.17, 15) is 13.2 Å². The van der Waals surface area contributed by atoms with E-state index in [0.29, 0.717) is 0 Å². The second-order valence-corrected chi connectivity index (χ2v) is 7.36. The van der Waals surface area contributed by atoms with Crippen LogP contribution in [0.25, 0.3) is 0 Å². The lowest BCUT2D eigenvalue weighted by Crippen LogP contribution is -2.25. The van der Waals surface area contributed by atoms with Crippen molar-refractivity contribution >= 4 is 39.1 Å². The molecule has 124 valence electrons. The van der Waals surface area contributed by atoms with Gasteiger partial charge in [0.25, 0.3) is 5.91 Å². The summed E-state index contributed by atoms with van der Waals surface area (Å²) >= 11 is 11.8. The summed E-state index contributed by atoms with van der Waals surface area (Å²) in [7, 11) is -2.17. The summed E-state index contributed by atoms with van der Waals surface area (Å²) in [5.74, 6) is -0.518. The van der Waals surface area contributed by atoms with Crippen LogP contribution < -0.4 is 10.5 Å². The predicted molar refractivity (Wildman–Crippen MR) is 89.2 cm³/mol. The van der Waals surface area contributed by atoms with Crippen LogP contribution in [0.4, 0.5) is 0 Å². The van der Waals surface area contributed by atoms with Crippen LogP contribution in [0.1, 0.15) is 21.7 Å². The lowest BCUT2D eigenvalue weighted by Gasteiger charge is -2.10. The third-order valence-electron chi connectivity index (χ3n) is 3.48. The Morgan fingerprint density at radius 1 is 1.26 bits per heavy atom. The summed E-state index contributed by atoms with van der Waals surface area (Å²) in [4.78, 5) is 11.9. The van der Waals surface area contributed by atoms with Crippen molar-refractivity contribution < 1.29 is 13.2 Å². The monoisotopic (exact) mass is 375 g/mol. The number of hydrogen-bond donors (Lipinski definition) is 2. The van der Waals surface area contributed by atoms with Crippen molar-refractivity contribution in [3.8, 4) is 0 Å². The van der Waals surface area contributed by atoms with E-state index >= 15 is 0 Å². The Kier molecular flexibility index (Phi) is 5.05. The zero-order valence-electron chi connectivity index (χ0n) is 12.4. The lowest BCUT2D eigenvalue weighted by molar-refractivity contribution is 0.0950. The molecule has 1 heterocycles. The molecule has 1 amide bonds. The van der Waals surface area contributed by atoms with Gasteiger partial charge in [-0.05, 0) is 31.2 Å². The summed E-state index contributed by atoms with van der Waals surface area (Å²) in [5.41, 5.74) is 1.94. The Bertz CT molecular complexity index is 876. The first-order chi connectivity index (χ1) is 10.6. The predicted octanol–water partition coefficient (Wildman–Crippen LogP) is 2.22. The van der Waals surface area contributed by atoms with Gasteiger partial charge in [0.15, 0.2) is 0 Å². The molecule has 0 aliphatic carbocycles. The van der Waals surface area contributed by atoms with Gasteiger partial charge >= 0.3 is 0 Å². The van der Waals surface area contributed by atoms with Crippen LogP contribution in [-0.2, 0) is 23.6 Å². The molecule has 2 aromatic rings. The topological polar surface area (TPSA) is 94.2 Å². The molecular weight excluding hydrogens is 361 g/mol. The van der Waals surface area contributed by atoms with E-state index in [-0.39, 0.29) is 27.0 Å². The molecule has 9 heteroatoms. The van der Waals surface area contributed by atoms with Gasteiger partial charge in [-0.25, -0.2) is 13.6 Å². The molecule has 0 fully saturated rings. The molecule has 0 aliphatic rings. The average molecular weight is 376 g/mol. The fraction of sp³-hybridized carbons (Fsp3) is 0.214. The van der Waals surface area contributed by atoms with E-state index in [0.717, 1.165) is 17.5 Å². The highest BCUT2D eigenvalue weighted by Crippen LogP contribution is 2.28. The van der Waals surface area contributed by atoms with Crippen molar-refractivity contribution in [2.24, 2.45) is 12.2 Å². The van der Waals surface area contributed by atoms with Gasteiger partial charge in [0.05, 0.1) is 22.2 Å². The molecule has 1 aromatic heterocycles. The second kappa shape index (κ2) is 6.52. The van der Waals surface area contributed by atoms with E-state index in [1.54, 1.807) is 0 Å². The van der Waals surface area contributed by atoms with Gasteiger partial charge < -0.3 is 9.88 Å². The van der Waals surface area contributed by atoms with Gasteiger partial charge in [0.2, 0.25) is 10.0 Å². The number of halogens is 2. The first-order valence-corrected chi connectivity index (χ1v) is 8.82. The van der Waals surface area contributed by atoms with E-state index < -0.39 is 15.9 Å². The molecule has 6 nitrogen and oxygen atoms in total. The van der Waals surface area contributed by atoms with Crippen molar-refractivity contribution in [2.75, 3.05) is 0 Å². The van der Waals surface area contributed by atoms with E-state index in [2.05, 4.69) is 5.32 Å². The van der Waals surface area contributed by atoms with E-state index in [4.69, 9.17) is 28.3 Å². The number of nitrogens with two attached hydrogens (primary N) is 1. The van der Waals surface area contributed by atoms with Gasteiger partial charge in [-0.1, -0.05) is 23.2 Å². The SMILES string of the molecule is Cc1ccc(CNC(=O)c2cc(S(N)(=O)=O)c(Cl)cc2Cl)n1C. The van der Waals surface area contributed by atoms with Gasteiger partial charge in [-0.15, -0.1) is 0 Å². The highest BCUT2D eigenvalue weighted by molar-refractivity contribution is 7.89. The van der Waals surface area contributed by atoms with Crippen LogP contribution in [0, 0.1) is 6.92 Å². The summed E-state index contributed by atoms with van der Waals surface area (Å²) < 4.78 is 24.9. The number of aromatic nitrogens is 1. The number of amides is 1. The van der Waals surface area contributed by atoms with Crippen molar-refractivity contribution in [2.45, 2.75) is 18.4 Å². The van der Waals surface area contributed by atoms with Crippen LogP contribution in [-0.4, -0.2) is 18.9 Å². The number of benzene rings is 1. The van der Waals surface area contributed by atoms with Crippen molar-refractivity contribution in [1.82, 2.24) is 9.88 Å². The summed E-state index contributed by atoms with van der Waals surface area (Å²) in [6, 6.07) is 6.07. The zero-order chi connectivity index (χ0) is 17.4. The minimum absolute atomic E-state index is 0.00831. The number of hydrogen-bond acceptors (Lipinski definition) is 3. The number of carbonyl (C=O) groups excluding carboxylic acids is 1. The number of primary sulfonamides is 1. The standard InChI is InChI=1S/C14H15Cl2N3O3S/c1-8-3-4-9(19(8)2)7-18-14(20)10-5-13(23(17,21)22)12(16)6-11(10)15/h3-6H,7H2,1-2H3,(H,18,20)(H2,17,21,22). The number of sulfonamides is 1. The van der Waals surface area contributed by atoms with Crippen LogP contribution >= 0.6 is 23.2 Å². The summed E-state index contributed by atoms with van der Waals surface area (Å²) in [5, 5.41) is 7.67. The van der Waals surface area contributed by atoms with Crippen molar-refractivity contribution in [3.63, 3.8) is 0 Å². The van der Waals surface area contributed by atoms with Gasteiger partial charge in [-0.2, -0.15) is 0 Å². The van der Waals surface area contributed by atoms with Gasteiger partial charge in [0, 0.05) is 18.4 Å². The molecule has 0 aliphatic heterocycles. The molecule has 0 unspecified atom stereocenters. The van der Waals surface area contributed by atoms with Crippen molar-refractivity contribution in [1.29, 1.82) is 0 Å². The number of nitrogens with zero attached hydrogens (tertiary/aromatic N) is 1. The zero-order valence-corrected chi connectivity index (χ0v) is 14.8. The second-order valence-electron chi connectivity index (χ2n) is 5.02.